The molecule has 1 aliphatic rings. The second kappa shape index (κ2) is 6.29. The first kappa shape index (κ1) is 17.7. The summed E-state index contributed by atoms with van der Waals surface area (Å²) in [5, 5.41) is 0. The van der Waals surface area contributed by atoms with Crippen LogP contribution in [-0.4, -0.2) is 23.2 Å². The molecule has 2 aromatic rings. The highest BCUT2D eigenvalue weighted by Crippen LogP contribution is 2.45. The predicted octanol–water partition coefficient (Wildman–Crippen LogP) is 5.30. The number of rotatable bonds is 3. The lowest BCUT2D eigenvalue weighted by Crippen LogP contribution is -2.29. The lowest BCUT2D eigenvalue weighted by atomic mass is 9.90. The number of hydrogen-bond acceptors (Lipinski definition) is 4. The van der Waals surface area contributed by atoms with Crippen LogP contribution in [0.15, 0.2) is 47.5 Å². The van der Waals surface area contributed by atoms with E-state index in [0.717, 1.165) is 5.57 Å². The average Bonchev–Trinajstić information content (AvgIpc) is 2.52. The minimum atomic E-state index is -4.35. The lowest BCUT2D eigenvalue weighted by molar-refractivity contribution is -0.0328. The number of methoxy groups -OCH3 is 1. The molecule has 0 unspecified atom stereocenters. The Kier molecular flexibility index (Phi) is 4.45. The van der Waals surface area contributed by atoms with E-state index in [2.05, 4.69) is 4.98 Å². The summed E-state index contributed by atoms with van der Waals surface area (Å²) in [6, 6.07) is 8.06. The maximum absolute atomic E-state index is 12.7. The Hall–Kier alpha value is -2.15. The Balaban J connectivity index is 2.15. The third kappa shape index (κ3) is 3.92. The molecule has 0 amide bonds. The number of halogens is 3. The molecule has 0 aliphatic carbocycles. The molecule has 0 fully saturated rings. The molecular weight excluding hydrogens is 351 g/mol. The highest BCUT2D eigenvalue weighted by atomic mass is 32.2. The van der Waals surface area contributed by atoms with Crippen LogP contribution in [0.3, 0.4) is 0 Å². The highest BCUT2D eigenvalue weighted by Gasteiger charge is 2.32. The molecule has 0 spiro atoms. The Labute approximate surface area is 147 Å². The van der Waals surface area contributed by atoms with Crippen LogP contribution in [-0.2, 0) is 0 Å². The summed E-state index contributed by atoms with van der Waals surface area (Å²) < 4.78 is 49.4. The molecule has 7 heteroatoms. The van der Waals surface area contributed by atoms with Crippen molar-refractivity contribution >= 4 is 17.3 Å². The second-order valence-corrected chi connectivity index (χ2v) is 7.17. The van der Waals surface area contributed by atoms with Gasteiger partial charge in [0.2, 0.25) is 5.88 Å². The van der Waals surface area contributed by atoms with Crippen molar-refractivity contribution in [1.82, 2.24) is 4.98 Å². The van der Waals surface area contributed by atoms with Crippen molar-refractivity contribution in [1.29, 1.82) is 0 Å². The van der Waals surface area contributed by atoms with E-state index in [9.17, 15) is 13.2 Å². The lowest BCUT2D eigenvalue weighted by Gasteiger charge is -2.31. The number of nitrogens with zero attached hydrogens (tertiary/aromatic N) is 1. The number of benzene rings is 1. The van der Waals surface area contributed by atoms with Gasteiger partial charge in [-0.15, -0.1) is 0 Å². The van der Waals surface area contributed by atoms with E-state index < -0.39 is 11.1 Å². The van der Waals surface area contributed by atoms with Crippen LogP contribution in [0, 0.1) is 0 Å². The van der Waals surface area contributed by atoms with Gasteiger partial charge in [0, 0.05) is 22.2 Å². The average molecular weight is 367 g/mol. The largest absolute Gasteiger partial charge is 0.483 e. The van der Waals surface area contributed by atoms with Crippen molar-refractivity contribution in [3.63, 3.8) is 0 Å². The zero-order valence-electron chi connectivity index (χ0n) is 13.8. The van der Waals surface area contributed by atoms with Crippen LogP contribution in [0.5, 0.6) is 11.6 Å². The number of thioether (sulfide) groups is 1. The van der Waals surface area contributed by atoms with E-state index in [0.29, 0.717) is 22.8 Å². The van der Waals surface area contributed by atoms with Gasteiger partial charge in [0.1, 0.15) is 11.4 Å². The van der Waals surface area contributed by atoms with E-state index in [-0.39, 0.29) is 16.7 Å². The summed E-state index contributed by atoms with van der Waals surface area (Å²) in [4.78, 5) is 4.29. The number of aromatic nitrogens is 1. The standard InChI is InChI=1S/C18H16F3NO2S/c1-17(2)10-14(12-5-4-8-22-16(12)23-3)13-9-11(25-18(19,20)21)6-7-15(13)24-17/h4-10H,1-3H3. The predicted molar refractivity (Wildman–Crippen MR) is 90.9 cm³/mol. The molecule has 0 atom stereocenters. The quantitative estimate of drug-likeness (QED) is 0.689. The van der Waals surface area contributed by atoms with Gasteiger partial charge < -0.3 is 9.47 Å². The van der Waals surface area contributed by atoms with Gasteiger partial charge in [0.05, 0.1) is 7.11 Å². The fourth-order valence-electron chi connectivity index (χ4n) is 2.73. The molecule has 3 rings (SSSR count). The first-order chi connectivity index (χ1) is 11.7. The maximum Gasteiger partial charge on any atom is 0.446 e. The molecule has 1 aromatic carbocycles. The number of ether oxygens (including phenoxy) is 2. The monoisotopic (exact) mass is 367 g/mol. The topological polar surface area (TPSA) is 31.4 Å². The summed E-state index contributed by atoms with van der Waals surface area (Å²) in [7, 11) is 1.51. The van der Waals surface area contributed by atoms with E-state index >= 15 is 0 Å². The minimum absolute atomic E-state index is 0.100. The maximum atomic E-state index is 12.7. The molecule has 0 saturated heterocycles. The normalized spacial score (nSPS) is 15.8. The molecule has 0 saturated carbocycles. The van der Waals surface area contributed by atoms with E-state index in [4.69, 9.17) is 9.47 Å². The Morgan fingerprint density at radius 1 is 1.16 bits per heavy atom. The number of pyridine rings is 1. The molecule has 1 aromatic heterocycles. The smallest absolute Gasteiger partial charge is 0.446 e. The van der Waals surface area contributed by atoms with Gasteiger partial charge >= 0.3 is 5.51 Å². The molecule has 3 nitrogen and oxygen atoms in total. The summed E-state index contributed by atoms with van der Waals surface area (Å²) in [5.74, 6) is 0.936. The first-order valence-corrected chi connectivity index (χ1v) is 8.31. The molecule has 25 heavy (non-hydrogen) atoms. The molecule has 0 radical (unpaired) electrons. The zero-order chi connectivity index (χ0) is 18.2. The van der Waals surface area contributed by atoms with Crippen LogP contribution in [0.4, 0.5) is 13.2 Å². The van der Waals surface area contributed by atoms with E-state index in [1.165, 1.54) is 19.2 Å². The van der Waals surface area contributed by atoms with E-state index in [1.54, 1.807) is 18.3 Å². The fourth-order valence-corrected chi connectivity index (χ4v) is 3.31. The minimum Gasteiger partial charge on any atom is -0.483 e. The van der Waals surface area contributed by atoms with Crippen molar-refractivity contribution in [2.24, 2.45) is 0 Å². The second-order valence-electron chi connectivity index (χ2n) is 6.03. The summed E-state index contributed by atoms with van der Waals surface area (Å²) in [5.41, 5.74) is -2.93. The third-order valence-electron chi connectivity index (χ3n) is 3.59. The number of alkyl halides is 3. The molecule has 132 valence electrons. The van der Waals surface area contributed by atoms with Crippen molar-refractivity contribution in [3.8, 4) is 11.6 Å². The van der Waals surface area contributed by atoms with Crippen molar-refractivity contribution in [2.45, 2.75) is 29.9 Å². The van der Waals surface area contributed by atoms with Gasteiger partial charge in [0.15, 0.2) is 0 Å². The van der Waals surface area contributed by atoms with Crippen molar-refractivity contribution in [2.75, 3.05) is 7.11 Å². The van der Waals surface area contributed by atoms with Crippen LogP contribution < -0.4 is 9.47 Å². The van der Waals surface area contributed by atoms with Crippen LogP contribution in [0.1, 0.15) is 25.0 Å². The highest BCUT2D eigenvalue weighted by molar-refractivity contribution is 8.00. The van der Waals surface area contributed by atoms with Crippen molar-refractivity contribution < 1.29 is 22.6 Å². The fraction of sp³-hybridized carbons (Fsp3) is 0.278. The molecule has 0 N–H and O–H groups in total. The van der Waals surface area contributed by atoms with Crippen LogP contribution in [0.2, 0.25) is 0 Å². The number of hydrogen-bond donors (Lipinski definition) is 0. The van der Waals surface area contributed by atoms with E-state index in [1.807, 2.05) is 26.0 Å². The van der Waals surface area contributed by atoms with Gasteiger partial charge in [-0.3, -0.25) is 0 Å². The van der Waals surface area contributed by atoms with Gasteiger partial charge in [-0.2, -0.15) is 13.2 Å². The van der Waals surface area contributed by atoms with Gasteiger partial charge in [-0.05, 0) is 67.6 Å². The van der Waals surface area contributed by atoms with Crippen LogP contribution in [0.25, 0.3) is 5.57 Å². The summed E-state index contributed by atoms with van der Waals surface area (Å²) >= 11 is -0.149. The molecular formula is C18H16F3NO2S. The Bertz CT molecular complexity index is 831. The van der Waals surface area contributed by atoms with Crippen LogP contribution >= 0.6 is 11.8 Å². The SMILES string of the molecule is COc1ncccc1C1=CC(C)(C)Oc2ccc(SC(F)(F)F)cc21. The Morgan fingerprint density at radius 2 is 1.92 bits per heavy atom. The number of fused-ring (bicyclic) bond motifs is 1. The molecule has 2 heterocycles. The Morgan fingerprint density at radius 3 is 2.60 bits per heavy atom. The summed E-state index contributed by atoms with van der Waals surface area (Å²) in [6.45, 7) is 3.77. The zero-order valence-corrected chi connectivity index (χ0v) is 14.7. The first-order valence-electron chi connectivity index (χ1n) is 7.50. The van der Waals surface area contributed by atoms with Gasteiger partial charge in [0.25, 0.3) is 0 Å². The molecule has 1 aliphatic heterocycles. The van der Waals surface area contributed by atoms with Crippen molar-refractivity contribution in [3.05, 3.63) is 53.7 Å². The molecule has 0 bridgehead atoms. The van der Waals surface area contributed by atoms with Gasteiger partial charge in [-0.25, -0.2) is 4.98 Å². The summed E-state index contributed by atoms with van der Waals surface area (Å²) in [6.07, 6.45) is 3.47. The van der Waals surface area contributed by atoms with Gasteiger partial charge in [-0.1, -0.05) is 0 Å². The third-order valence-corrected chi connectivity index (χ3v) is 4.32.